The first-order valence-corrected chi connectivity index (χ1v) is 7.55. The maximum absolute atomic E-state index is 11.6. The summed E-state index contributed by atoms with van der Waals surface area (Å²) in [5.41, 5.74) is 2.39. The highest BCUT2D eigenvalue weighted by atomic mass is 35.5. The highest BCUT2D eigenvalue weighted by Crippen LogP contribution is 2.30. The average molecular weight is 362 g/mol. The smallest absolute Gasteiger partial charge is 0.407 e. The molecule has 0 spiro atoms. The van der Waals surface area contributed by atoms with Crippen LogP contribution in [0.3, 0.4) is 0 Å². The maximum atomic E-state index is 11.6. The van der Waals surface area contributed by atoms with Crippen LogP contribution < -0.4 is 5.76 Å². The van der Waals surface area contributed by atoms with Crippen molar-refractivity contribution in [1.82, 2.24) is 4.98 Å². The van der Waals surface area contributed by atoms with Crippen molar-refractivity contribution in [2.75, 3.05) is 0 Å². The lowest BCUT2D eigenvalue weighted by Gasteiger charge is -2.03. The summed E-state index contributed by atoms with van der Waals surface area (Å²) in [6.45, 7) is 0. The Kier molecular flexibility index (Phi) is 4.38. The Morgan fingerprint density at radius 1 is 0.792 bits per heavy atom. The van der Waals surface area contributed by atoms with Crippen LogP contribution >= 0.6 is 23.2 Å². The van der Waals surface area contributed by atoms with Gasteiger partial charge < -0.3 is 4.42 Å². The number of oxazole rings is 1. The van der Waals surface area contributed by atoms with Crippen LogP contribution in [-0.2, 0) is 0 Å². The molecule has 0 aliphatic rings. The van der Waals surface area contributed by atoms with E-state index in [1.165, 1.54) is 12.1 Å². The SMILES string of the molecule is O=C(Cl)c1ccc(-c2[nH]c(=O)oc2-c2ccc(C(=O)Cl)cc2)cc1. The first-order chi connectivity index (χ1) is 11.5. The second kappa shape index (κ2) is 6.47. The summed E-state index contributed by atoms with van der Waals surface area (Å²) < 4.78 is 5.21. The van der Waals surface area contributed by atoms with E-state index in [9.17, 15) is 14.4 Å². The fraction of sp³-hybridized carbons (Fsp3) is 0. The third-order valence-electron chi connectivity index (χ3n) is 3.42. The molecule has 120 valence electrons. The Labute approximate surface area is 145 Å². The third-order valence-corrected chi connectivity index (χ3v) is 3.86. The van der Waals surface area contributed by atoms with Crippen molar-refractivity contribution in [2.24, 2.45) is 0 Å². The number of benzene rings is 2. The molecule has 3 rings (SSSR count). The molecule has 0 saturated carbocycles. The topological polar surface area (TPSA) is 80.1 Å². The Bertz CT molecular complexity index is 891. The van der Waals surface area contributed by atoms with Crippen LogP contribution in [-0.4, -0.2) is 15.5 Å². The summed E-state index contributed by atoms with van der Waals surface area (Å²) in [4.78, 5) is 36.5. The lowest BCUT2D eigenvalue weighted by molar-refractivity contribution is 0.107. The van der Waals surface area contributed by atoms with Gasteiger partial charge >= 0.3 is 5.76 Å². The van der Waals surface area contributed by atoms with E-state index in [1.54, 1.807) is 36.4 Å². The van der Waals surface area contributed by atoms with E-state index >= 15 is 0 Å². The first-order valence-electron chi connectivity index (χ1n) is 6.79. The van der Waals surface area contributed by atoms with Crippen LogP contribution in [0.2, 0.25) is 0 Å². The zero-order valence-electron chi connectivity index (χ0n) is 12.0. The number of aromatic amines is 1. The van der Waals surface area contributed by atoms with Gasteiger partial charge in [-0.2, -0.15) is 0 Å². The van der Waals surface area contributed by atoms with Crippen LogP contribution in [0.15, 0.2) is 57.7 Å². The van der Waals surface area contributed by atoms with E-state index in [4.69, 9.17) is 27.6 Å². The monoisotopic (exact) mass is 361 g/mol. The van der Waals surface area contributed by atoms with Gasteiger partial charge in [0.2, 0.25) is 0 Å². The van der Waals surface area contributed by atoms with E-state index in [-0.39, 0.29) is 0 Å². The molecule has 0 fully saturated rings. The standard InChI is InChI=1S/C17H9Cl2NO4/c18-15(21)11-5-1-9(2-6-11)13-14(24-17(23)20-13)10-3-7-12(8-4-10)16(19)22/h1-8H,(H,20,23). The van der Waals surface area contributed by atoms with Gasteiger partial charge in [-0.3, -0.25) is 14.6 Å². The van der Waals surface area contributed by atoms with Gasteiger partial charge in [0.1, 0.15) is 0 Å². The fourth-order valence-electron chi connectivity index (χ4n) is 2.26. The Morgan fingerprint density at radius 2 is 1.25 bits per heavy atom. The van der Waals surface area contributed by atoms with E-state index in [1.807, 2.05) is 0 Å². The molecule has 2 aromatic carbocycles. The molecule has 24 heavy (non-hydrogen) atoms. The van der Waals surface area contributed by atoms with E-state index < -0.39 is 16.2 Å². The minimum Gasteiger partial charge on any atom is -0.407 e. The lowest BCUT2D eigenvalue weighted by Crippen LogP contribution is -1.95. The fourth-order valence-corrected chi connectivity index (χ4v) is 2.51. The highest BCUT2D eigenvalue weighted by Gasteiger charge is 2.15. The zero-order valence-corrected chi connectivity index (χ0v) is 13.5. The molecule has 5 nitrogen and oxygen atoms in total. The molecule has 0 radical (unpaired) electrons. The van der Waals surface area contributed by atoms with E-state index in [2.05, 4.69) is 4.98 Å². The maximum Gasteiger partial charge on any atom is 0.417 e. The Morgan fingerprint density at radius 3 is 1.71 bits per heavy atom. The number of carbonyl (C=O) groups is 2. The van der Waals surface area contributed by atoms with E-state index in [0.29, 0.717) is 33.7 Å². The normalized spacial score (nSPS) is 10.6. The molecule has 0 atom stereocenters. The van der Waals surface area contributed by atoms with Gasteiger partial charge in [0.25, 0.3) is 10.5 Å². The summed E-state index contributed by atoms with van der Waals surface area (Å²) in [7, 11) is 0. The lowest BCUT2D eigenvalue weighted by atomic mass is 10.0. The second-order valence-corrected chi connectivity index (χ2v) is 5.61. The number of aromatic nitrogens is 1. The quantitative estimate of drug-likeness (QED) is 0.710. The summed E-state index contributed by atoms with van der Waals surface area (Å²) in [5, 5.41) is -1.14. The van der Waals surface area contributed by atoms with Gasteiger partial charge in [-0.25, -0.2) is 4.79 Å². The molecule has 1 heterocycles. The Hall–Kier alpha value is -2.63. The van der Waals surface area contributed by atoms with Crippen molar-refractivity contribution < 1.29 is 14.0 Å². The molecule has 0 bridgehead atoms. The minimum atomic E-state index is -0.616. The molecule has 1 N–H and O–H groups in total. The highest BCUT2D eigenvalue weighted by molar-refractivity contribution is 6.68. The molecule has 0 unspecified atom stereocenters. The van der Waals surface area contributed by atoms with Gasteiger partial charge in [-0.05, 0) is 47.5 Å². The van der Waals surface area contributed by atoms with Crippen LogP contribution in [0, 0.1) is 0 Å². The van der Waals surface area contributed by atoms with E-state index in [0.717, 1.165) is 0 Å². The number of hydrogen-bond donors (Lipinski definition) is 1. The number of hydrogen-bond acceptors (Lipinski definition) is 4. The molecule has 7 heteroatoms. The van der Waals surface area contributed by atoms with Crippen molar-refractivity contribution in [3.8, 4) is 22.6 Å². The molecule has 0 aliphatic carbocycles. The summed E-state index contributed by atoms with van der Waals surface area (Å²) >= 11 is 10.8. The molecule has 3 aromatic rings. The number of halogens is 2. The van der Waals surface area contributed by atoms with Crippen molar-refractivity contribution in [3.63, 3.8) is 0 Å². The second-order valence-electron chi connectivity index (χ2n) is 4.92. The average Bonchev–Trinajstić information content (AvgIpc) is 2.97. The van der Waals surface area contributed by atoms with Crippen molar-refractivity contribution in [2.45, 2.75) is 0 Å². The zero-order chi connectivity index (χ0) is 17.3. The van der Waals surface area contributed by atoms with Gasteiger partial charge in [0.05, 0.1) is 5.69 Å². The summed E-state index contributed by atoms with van der Waals surface area (Å²) in [6, 6.07) is 12.7. The van der Waals surface area contributed by atoms with Crippen LogP contribution in [0.4, 0.5) is 0 Å². The van der Waals surface area contributed by atoms with Gasteiger partial charge in [0.15, 0.2) is 5.76 Å². The van der Waals surface area contributed by atoms with Gasteiger partial charge in [0, 0.05) is 22.3 Å². The molecule has 0 saturated heterocycles. The minimum absolute atomic E-state index is 0.318. The van der Waals surface area contributed by atoms with Crippen molar-refractivity contribution >= 4 is 33.7 Å². The molecular formula is C17H9Cl2NO4. The first kappa shape index (κ1) is 16.2. The Balaban J connectivity index is 2.06. The number of rotatable bonds is 4. The van der Waals surface area contributed by atoms with Gasteiger partial charge in [-0.15, -0.1) is 0 Å². The molecular weight excluding hydrogens is 353 g/mol. The van der Waals surface area contributed by atoms with Crippen molar-refractivity contribution in [1.29, 1.82) is 0 Å². The van der Waals surface area contributed by atoms with Crippen molar-refractivity contribution in [3.05, 3.63) is 70.2 Å². The number of carbonyl (C=O) groups excluding carboxylic acids is 2. The predicted octanol–water partition coefficient (Wildman–Crippen LogP) is 4.06. The predicted molar refractivity (Wildman–Crippen MR) is 90.6 cm³/mol. The van der Waals surface area contributed by atoms with Crippen LogP contribution in [0.1, 0.15) is 20.7 Å². The number of H-pyrrole nitrogens is 1. The summed E-state index contributed by atoms with van der Waals surface area (Å²) in [6.07, 6.45) is 0. The van der Waals surface area contributed by atoms with Crippen LogP contribution in [0.25, 0.3) is 22.6 Å². The number of nitrogens with one attached hydrogen (secondary N) is 1. The molecule has 0 aliphatic heterocycles. The largest absolute Gasteiger partial charge is 0.417 e. The summed E-state index contributed by atoms with van der Waals surface area (Å²) in [5.74, 6) is -0.298. The third kappa shape index (κ3) is 3.18. The van der Waals surface area contributed by atoms with Gasteiger partial charge in [-0.1, -0.05) is 24.3 Å². The molecule has 1 aromatic heterocycles. The van der Waals surface area contributed by atoms with Crippen LogP contribution in [0.5, 0.6) is 0 Å². The molecule has 0 amide bonds.